The van der Waals surface area contributed by atoms with Crippen molar-refractivity contribution in [3.63, 3.8) is 0 Å². The number of hydrogen-bond donors (Lipinski definition) is 1. The van der Waals surface area contributed by atoms with Crippen molar-refractivity contribution in [3.05, 3.63) is 59.7 Å². The molecule has 0 radical (unpaired) electrons. The lowest BCUT2D eigenvalue weighted by molar-refractivity contribution is 0.378. The molecule has 0 aliphatic heterocycles. The van der Waals surface area contributed by atoms with E-state index in [9.17, 15) is 22.0 Å². The number of aromatic nitrogens is 1. The van der Waals surface area contributed by atoms with E-state index in [-0.39, 0.29) is 6.07 Å². The van der Waals surface area contributed by atoms with Gasteiger partial charge in [0.1, 0.15) is 0 Å². The molecular weight excluding hydrogens is 229 g/mol. The van der Waals surface area contributed by atoms with Gasteiger partial charge in [0.2, 0.25) is 5.82 Å². The van der Waals surface area contributed by atoms with Crippen LogP contribution in [0.4, 0.5) is 22.0 Å². The van der Waals surface area contributed by atoms with E-state index in [2.05, 4.69) is 4.98 Å². The lowest BCUT2D eigenvalue weighted by Gasteiger charge is -1.96. The molecule has 1 heterocycles. The smallest absolute Gasteiger partial charge is 0.200 e. The van der Waals surface area contributed by atoms with E-state index in [4.69, 9.17) is 0 Å². The molecule has 6 heteroatoms. The molecule has 0 spiro atoms. The highest BCUT2D eigenvalue weighted by Crippen LogP contribution is 2.16. The minimum Gasteiger partial charge on any atom is -0.368 e. The Labute approximate surface area is 87.5 Å². The van der Waals surface area contributed by atoms with Crippen molar-refractivity contribution in [2.75, 3.05) is 0 Å². The Kier molecular flexibility index (Phi) is 4.04. The zero-order valence-electron chi connectivity index (χ0n) is 7.78. The first-order valence-electron chi connectivity index (χ1n) is 4.10. The number of benzene rings is 1. The molecule has 0 aliphatic rings. The van der Waals surface area contributed by atoms with Gasteiger partial charge in [-0.15, -0.1) is 0 Å². The predicted molar refractivity (Wildman–Crippen MR) is 47.0 cm³/mol. The molecule has 1 nitrogen and oxygen atoms in total. The van der Waals surface area contributed by atoms with Gasteiger partial charge in [-0.2, -0.15) is 0 Å². The van der Waals surface area contributed by atoms with Crippen LogP contribution >= 0.6 is 0 Å². The summed E-state index contributed by atoms with van der Waals surface area (Å²) in [4.78, 5) is 2.86. The molecule has 1 aromatic heterocycles. The van der Waals surface area contributed by atoms with E-state index in [0.29, 0.717) is 0 Å². The lowest BCUT2D eigenvalue weighted by atomic mass is 10.3. The van der Waals surface area contributed by atoms with Gasteiger partial charge in [-0.3, -0.25) is 0 Å². The highest BCUT2D eigenvalue weighted by Gasteiger charge is 2.18. The Morgan fingerprint density at radius 3 is 1.44 bits per heavy atom. The fourth-order valence-corrected chi connectivity index (χ4v) is 0.822. The van der Waals surface area contributed by atoms with Crippen molar-refractivity contribution < 1.29 is 22.0 Å². The van der Waals surface area contributed by atoms with Gasteiger partial charge >= 0.3 is 0 Å². The molecule has 0 saturated carbocycles. The largest absolute Gasteiger partial charge is 0.368 e. The third-order valence-corrected chi connectivity index (χ3v) is 1.55. The molecule has 1 N–H and O–H groups in total. The first-order chi connectivity index (χ1) is 7.54. The third-order valence-electron chi connectivity index (χ3n) is 1.55. The maximum Gasteiger partial charge on any atom is 0.200 e. The molecule has 2 aromatic rings. The predicted octanol–water partition coefficient (Wildman–Crippen LogP) is 3.40. The van der Waals surface area contributed by atoms with Crippen molar-refractivity contribution in [1.82, 2.24) is 4.98 Å². The molecule has 2 rings (SSSR count). The number of H-pyrrole nitrogens is 1. The molecule has 0 aliphatic carbocycles. The van der Waals surface area contributed by atoms with Gasteiger partial charge in [-0.25, -0.2) is 22.0 Å². The van der Waals surface area contributed by atoms with Gasteiger partial charge in [0.15, 0.2) is 23.3 Å². The second-order valence-electron chi connectivity index (χ2n) is 2.67. The van der Waals surface area contributed by atoms with Crippen LogP contribution in [0.3, 0.4) is 0 Å². The van der Waals surface area contributed by atoms with Crippen LogP contribution in [0.25, 0.3) is 0 Å². The molecule has 0 atom stereocenters. The van der Waals surface area contributed by atoms with E-state index in [1.165, 1.54) is 0 Å². The van der Waals surface area contributed by atoms with Crippen LogP contribution in [0.2, 0.25) is 0 Å². The average molecular weight is 235 g/mol. The van der Waals surface area contributed by atoms with Gasteiger partial charge in [0.25, 0.3) is 0 Å². The van der Waals surface area contributed by atoms with Crippen LogP contribution in [0, 0.1) is 29.1 Å². The van der Waals surface area contributed by atoms with E-state index in [1.54, 1.807) is 0 Å². The summed E-state index contributed by atoms with van der Waals surface area (Å²) in [6.45, 7) is 0. The fraction of sp³-hybridized carbons (Fsp3) is 0. The maximum absolute atomic E-state index is 12.0. The summed E-state index contributed by atoms with van der Waals surface area (Å²) in [7, 11) is 0. The summed E-state index contributed by atoms with van der Waals surface area (Å²) in [5.41, 5.74) is 0. The Balaban J connectivity index is 0.000000212. The zero-order chi connectivity index (χ0) is 12.1. The van der Waals surface area contributed by atoms with Gasteiger partial charge in [-0.1, -0.05) is 0 Å². The van der Waals surface area contributed by atoms with Crippen molar-refractivity contribution >= 4 is 0 Å². The normalized spacial score (nSPS) is 9.56. The van der Waals surface area contributed by atoms with Gasteiger partial charge in [0.05, 0.1) is 0 Å². The molecular formula is C10H6F5N. The van der Waals surface area contributed by atoms with Gasteiger partial charge in [0, 0.05) is 18.5 Å². The zero-order valence-corrected chi connectivity index (χ0v) is 7.78. The summed E-state index contributed by atoms with van der Waals surface area (Å²) >= 11 is 0. The second-order valence-corrected chi connectivity index (χ2v) is 2.67. The molecule has 86 valence electrons. The van der Waals surface area contributed by atoms with Crippen LogP contribution in [-0.4, -0.2) is 4.98 Å². The number of nitrogens with one attached hydrogen (secondary N) is 1. The molecule has 0 unspecified atom stereocenters. The highest BCUT2D eigenvalue weighted by atomic mass is 19.2. The summed E-state index contributed by atoms with van der Waals surface area (Å²) in [6, 6.07) is 3.83. The van der Waals surface area contributed by atoms with Gasteiger partial charge < -0.3 is 4.98 Å². The van der Waals surface area contributed by atoms with Crippen LogP contribution in [0.1, 0.15) is 0 Å². The van der Waals surface area contributed by atoms with E-state index in [0.717, 1.165) is 0 Å². The molecule has 0 amide bonds. The first kappa shape index (κ1) is 12.2. The first-order valence-corrected chi connectivity index (χ1v) is 4.10. The minimum absolute atomic E-state index is 0.0618. The Bertz CT molecular complexity index is 409. The third kappa shape index (κ3) is 2.82. The Hall–Kier alpha value is -1.85. The fourth-order valence-electron chi connectivity index (χ4n) is 0.822. The second kappa shape index (κ2) is 5.29. The molecule has 16 heavy (non-hydrogen) atoms. The van der Waals surface area contributed by atoms with E-state index < -0.39 is 29.1 Å². The quantitative estimate of drug-likeness (QED) is 0.409. The van der Waals surface area contributed by atoms with E-state index in [1.807, 2.05) is 24.5 Å². The summed E-state index contributed by atoms with van der Waals surface area (Å²) in [6.07, 6.45) is 3.75. The number of rotatable bonds is 0. The standard InChI is InChI=1S/C6HF5.C4H5N/c7-2-1-3(8)5(10)6(11)4(2)9;1-2-4-5-3-1/h1H;1-5H. The highest BCUT2D eigenvalue weighted by molar-refractivity contribution is 5.12. The van der Waals surface area contributed by atoms with Gasteiger partial charge in [-0.05, 0) is 12.1 Å². The minimum atomic E-state index is -2.14. The average Bonchev–Trinajstić information content (AvgIpc) is 2.82. The maximum atomic E-state index is 12.0. The van der Waals surface area contributed by atoms with Crippen molar-refractivity contribution in [1.29, 1.82) is 0 Å². The SMILES string of the molecule is Fc1cc(F)c(F)c(F)c1F.c1cc[nH]c1. The number of halogens is 5. The van der Waals surface area contributed by atoms with Crippen LogP contribution in [0.15, 0.2) is 30.6 Å². The Morgan fingerprint density at radius 2 is 1.12 bits per heavy atom. The van der Waals surface area contributed by atoms with Crippen LogP contribution in [-0.2, 0) is 0 Å². The molecule has 0 fully saturated rings. The van der Waals surface area contributed by atoms with E-state index >= 15 is 0 Å². The Morgan fingerprint density at radius 1 is 0.688 bits per heavy atom. The van der Waals surface area contributed by atoms with Crippen molar-refractivity contribution in [2.45, 2.75) is 0 Å². The topological polar surface area (TPSA) is 15.8 Å². The summed E-state index contributed by atoms with van der Waals surface area (Å²) < 4.78 is 60.0. The van der Waals surface area contributed by atoms with Crippen molar-refractivity contribution in [3.8, 4) is 0 Å². The van der Waals surface area contributed by atoms with Crippen LogP contribution in [0.5, 0.6) is 0 Å². The monoisotopic (exact) mass is 235 g/mol. The molecule has 1 aromatic carbocycles. The lowest BCUT2D eigenvalue weighted by Crippen LogP contribution is -1.98. The molecule has 0 bridgehead atoms. The summed E-state index contributed by atoms with van der Waals surface area (Å²) in [5.74, 6) is -9.65. The van der Waals surface area contributed by atoms with Crippen molar-refractivity contribution in [2.24, 2.45) is 0 Å². The number of hydrogen-bond acceptors (Lipinski definition) is 0. The number of aromatic amines is 1. The molecule has 0 saturated heterocycles. The summed E-state index contributed by atoms with van der Waals surface area (Å²) in [5, 5.41) is 0. The van der Waals surface area contributed by atoms with Crippen LogP contribution < -0.4 is 0 Å².